The Labute approximate surface area is 278 Å². The summed E-state index contributed by atoms with van der Waals surface area (Å²) in [6, 6.07) is 31.7. The molecule has 0 spiro atoms. The van der Waals surface area contributed by atoms with Crippen molar-refractivity contribution in [2.45, 2.75) is 54.8 Å². The molecule has 1 unspecified atom stereocenters. The van der Waals surface area contributed by atoms with E-state index in [-0.39, 0.29) is 36.2 Å². The number of amides is 1. The summed E-state index contributed by atoms with van der Waals surface area (Å²) in [5.41, 5.74) is 4.61. The Bertz CT molecular complexity index is 1930. The zero-order valence-corrected chi connectivity index (χ0v) is 27.3. The van der Waals surface area contributed by atoms with Crippen LogP contribution in [0.4, 0.5) is 5.69 Å². The molecule has 1 aliphatic heterocycles. The van der Waals surface area contributed by atoms with Gasteiger partial charge < -0.3 is 19.9 Å². The normalized spacial score (nSPS) is 18.2. The number of sulfonamides is 1. The third kappa shape index (κ3) is 8.25. The Morgan fingerprint density at radius 3 is 2.32 bits per heavy atom. The molecular formula is C36H35N3O6S2. The molecule has 2 heterocycles. The molecular weight excluding hydrogens is 635 g/mol. The summed E-state index contributed by atoms with van der Waals surface area (Å²) in [5.74, 6) is 0.575. The van der Waals surface area contributed by atoms with Gasteiger partial charge in [-0.3, -0.25) is 9.78 Å². The number of aromatic nitrogens is 1. The van der Waals surface area contributed by atoms with Crippen molar-refractivity contribution < 1.29 is 27.8 Å². The van der Waals surface area contributed by atoms with Crippen molar-refractivity contribution in [1.82, 2.24) is 9.71 Å². The maximum Gasteiger partial charge on any atom is 0.243 e. The van der Waals surface area contributed by atoms with E-state index in [0.29, 0.717) is 17.7 Å². The highest BCUT2D eigenvalue weighted by atomic mass is 32.2. The Kier molecular flexibility index (Phi) is 10.3. The van der Waals surface area contributed by atoms with Gasteiger partial charge in [0.15, 0.2) is 6.29 Å². The average molecular weight is 670 g/mol. The van der Waals surface area contributed by atoms with E-state index in [4.69, 9.17) is 9.47 Å². The molecule has 242 valence electrons. The van der Waals surface area contributed by atoms with Crippen LogP contribution >= 0.6 is 11.8 Å². The predicted molar refractivity (Wildman–Crippen MR) is 182 cm³/mol. The number of aliphatic hydroxyl groups is 1. The summed E-state index contributed by atoms with van der Waals surface area (Å²) in [7, 11) is -3.80. The molecule has 0 bridgehead atoms. The Balaban J connectivity index is 1.15. The standard InChI is InChI=1S/C36H35N3O6S2/c1-24(41)39-30-15-17-32(18-16-30)46-23-31-20-33(27-11-9-26(22-40)10-12-27)45-36(44-31)29-13-7-25(8-14-29)21-38-47(42,43)34-6-2-4-28-5-3-19-37-35(28)34/h2-19,31,33,36,38,40H,20-23H2,1H3,(H,39,41)/t31-,33+,36?/m0/s1. The number of fused-ring (bicyclic) bond motifs is 1. The number of rotatable bonds is 11. The minimum atomic E-state index is -3.80. The van der Waals surface area contributed by atoms with Crippen LogP contribution in [-0.4, -0.2) is 36.3 Å². The highest BCUT2D eigenvalue weighted by Gasteiger charge is 2.32. The summed E-state index contributed by atoms with van der Waals surface area (Å²) in [6.07, 6.45) is 1.24. The molecule has 3 atom stereocenters. The fourth-order valence-corrected chi connectivity index (χ4v) is 7.51. The SMILES string of the molecule is CC(=O)Nc1ccc(SC[C@@H]2C[C@H](c3ccc(CO)cc3)OC(c3ccc(CNS(=O)(=O)c4cccc5cccnc45)cc3)O2)cc1. The smallest absolute Gasteiger partial charge is 0.243 e. The molecule has 3 N–H and O–H groups in total. The fourth-order valence-electron chi connectivity index (χ4n) is 5.39. The van der Waals surface area contributed by atoms with Crippen molar-refractivity contribution >= 4 is 44.3 Å². The van der Waals surface area contributed by atoms with Gasteiger partial charge >= 0.3 is 0 Å². The molecule has 47 heavy (non-hydrogen) atoms. The lowest BCUT2D eigenvalue weighted by atomic mass is 10.0. The number of thioether (sulfide) groups is 1. The Morgan fingerprint density at radius 2 is 1.60 bits per heavy atom. The lowest BCUT2D eigenvalue weighted by Gasteiger charge is -2.36. The van der Waals surface area contributed by atoms with Crippen molar-refractivity contribution in [2.24, 2.45) is 0 Å². The molecule has 0 aliphatic carbocycles. The maximum atomic E-state index is 13.2. The molecule has 1 amide bonds. The third-order valence-corrected chi connectivity index (χ3v) is 10.4. The number of carbonyl (C=O) groups is 1. The summed E-state index contributed by atoms with van der Waals surface area (Å²) in [6.45, 7) is 1.56. The Hall–Kier alpha value is -4.10. The van der Waals surface area contributed by atoms with Crippen LogP contribution in [-0.2, 0) is 37.4 Å². The van der Waals surface area contributed by atoms with E-state index in [0.717, 1.165) is 38.2 Å². The number of para-hydroxylation sites is 1. The number of anilines is 1. The highest BCUT2D eigenvalue weighted by molar-refractivity contribution is 7.99. The summed E-state index contributed by atoms with van der Waals surface area (Å²) in [4.78, 5) is 16.8. The van der Waals surface area contributed by atoms with Crippen LogP contribution in [0, 0.1) is 0 Å². The van der Waals surface area contributed by atoms with Crippen molar-refractivity contribution in [1.29, 1.82) is 0 Å². The second-order valence-corrected chi connectivity index (χ2v) is 14.1. The van der Waals surface area contributed by atoms with E-state index in [2.05, 4.69) is 15.0 Å². The molecule has 1 saturated heterocycles. The highest BCUT2D eigenvalue weighted by Crippen LogP contribution is 2.39. The average Bonchev–Trinajstić information content (AvgIpc) is 3.10. The van der Waals surface area contributed by atoms with Crippen molar-refractivity contribution in [2.75, 3.05) is 11.1 Å². The monoisotopic (exact) mass is 669 g/mol. The minimum absolute atomic E-state index is 0.0289. The number of carbonyl (C=O) groups excluding carboxylic acids is 1. The van der Waals surface area contributed by atoms with Gasteiger partial charge in [0.1, 0.15) is 4.90 Å². The minimum Gasteiger partial charge on any atom is -0.392 e. The van der Waals surface area contributed by atoms with Gasteiger partial charge in [0, 0.05) is 53.4 Å². The van der Waals surface area contributed by atoms with Gasteiger partial charge in [-0.2, -0.15) is 0 Å². The quantitative estimate of drug-likeness (QED) is 0.136. The van der Waals surface area contributed by atoms with Crippen LogP contribution in [0.2, 0.25) is 0 Å². The lowest BCUT2D eigenvalue weighted by molar-refractivity contribution is -0.245. The van der Waals surface area contributed by atoms with Gasteiger partial charge in [0.25, 0.3) is 0 Å². The molecule has 5 aromatic rings. The number of nitrogens with one attached hydrogen (secondary N) is 2. The molecule has 9 nitrogen and oxygen atoms in total. The molecule has 6 rings (SSSR count). The van der Waals surface area contributed by atoms with Crippen molar-refractivity contribution in [3.05, 3.63) is 132 Å². The molecule has 11 heteroatoms. The van der Waals surface area contributed by atoms with Crippen LogP contribution in [0.25, 0.3) is 10.9 Å². The second-order valence-electron chi connectivity index (χ2n) is 11.3. The van der Waals surface area contributed by atoms with E-state index in [1.165, 1.54) is 6.92 Å². The van der Waals surface area contributed by atoms with Gasteiger partial charge in [-0.15, -0.1) is 11.8 Å². The number of ether oxygens (including phenoxy) is 2. The van der Waals surface area contributed by atoms with Gasteiger partial charge in [-0.25, -0.2) is 13.1 Å². The zero-order chi connectivity index (χ0) is 32.8. The number of pyridine rings is 1. The first-order chi connectivity index (χ1) is 22.8. The van der Waals surface area contributed by atoms with E-state index < -0.39 is 16.3 Å². The summed E-state index contributed by atoms with van der Waals surface area (Å²) in [5, 5.41) is 13.0. The largest absolute Gasteiger partial charge is 0.392 e. The zero-order valence-electron chi connectivity index (χ0n) is 25.7. The van der Waals surface area contributed by atoms with Crippen LogP contribution < -0.4 is 10.0 Å². The van der Waals surface area contributed by atoms with E-state index in [1.807, 2.05) is 84.9 Å². The first kappa shape index (κ1) is 32.8. The first-order valence-corrected chi connectivity index (χ1v) is 17.7. The maximum absolute atomic E-state index is 13.2. The van der Waals surface area contributed by atoms with E-state index in [1.54, 1.807) is 36.2 Å². The molecule has 0 saturated carbocycles. The van der Waals surface area contributed by atoms with Gasteiger partial charge in [-0.1, -0.05) is 66.7 Å². The predicted octanol–water partition coefficient (Wildman–Crippen LogP) is 6.50. The molecule has 0 radical (unpaired) electrons. The topological polar surface area (TPSA) is 127 Å². The summed E-state index contributed by atoms with van der Waals surface area (Å²) < 4.78 is 42.0. The first-order valence-electron chi connectivity index (χ1n) is 15.2. The number of benzene rings is 4. The molecule has 4 aromatic carbocycles. The second kappa shape index (κ2) is 14.8. The van der Waals surface area contributed by atoms with E-state index >= 15 is 0 Å². The van der Waals surface area contributed by atoms with Crippen molar-refractivity contribution in [3.63, 3.8) is 0 Å². The number of aliphatic hydroxyl groups excluding tert-OH is 1. The number of hydrogen-bond acceptors (Lipinski definition) is 8. The van der Waals surface area contributed by atoms with Gasteiger partial charge in [-0.05, 0) is 53.1 Å². The van der Waals surface area contributed by atoms with Gasteiger partial charge in [0.05, 0.1) is 24.3 Å². The van der Waals surface area contributed by atoms with E-state index in [9.17, 15) is 18.3 Å². The lowest BCUT2D eigenvalue weighted by Crippen LogP contribution is -2.31. The number of hydrogen-bond donors (Lipinski definition) is 3. The summed E-state index contributed by atoms with van der Waals surface area (Å²) >= 11 is 1.67. The van der Waals surface area contributed by atoms with Crippen LogP contribution in [0.5, 0.6) is 0 Å². The molecule has 1 fully saturated rings. The van der Waals surface area contributed by atoms with Gasteiger partial charge in [0.2, 0.25) is 15.9 Å². The number of nitrogens with zero attached hydrogens (tertiary/aromatic N) is 1. The molecule has 1 aliphatic rings. The Morgan fingerprint density at radius 1 is 0.894 bits per heavy atom. The van der Waals surface area contributed by atoms with Crippen LogP contribution in [0.15, 0.2) is 119 Å². The van der Waals surface area contributed by atoms with Crippen LogP contribution in [0.1, 0.15) is 48.0 Å². The van der Waals surface area contributed by atoms with Crippen LogP contribution in [0.3, 0.4) is 0 Å². The van der Waals surface area contributed by atoms with Crippen molar-refractivity contribution in [3.8, 4) is 0 Å². The third-order valence-electron chi connectivity index (χ3n) is 7.83. The molecule has 1 aromatic heterocycles. The fraction of sp³-hybridized carbons (Fsp3) is 0.222.